The Labute approximate surface area is 132 Å². The van der Waals surface area contributed by atoms with Crippen molar-refractivity contribution in [1.29, 1.82) is 0 Å². The van der Waals surface area contributed by atoms with Crippen molar-refractivity contribution < 1.29 is 23.1 Å². The first kappa shape index (κ1) is 17.7. The van der Waals surface area contributed by atoms with E-state index < -0.39 is 18.7 Å². The van der Waals surface area contributed by atoms with Crippen molar-refractivity contribution in [2.45, 2.75) is 52.6 Å². The zero-order chi connectivity index (χ0) is 16.6. The third-order valence-electron chi connectivity index (χ3n) is 5.00. The monoisotopic (exact) mass is 330 g/mol. The molecule has 0 bridgehead atoms. The van der Waals surface area contributed by atoms with Crippen molar-refractivity contribution in [3.63, 3.8) is 0 Å². The molecular weight excluding hydrogens is 303 g/mol. The molecule has 2 rings (SSSR count). The van der Waals surface area contributed by atoms with Gasteiger partial charge in [-0.2, -0.15) is 0 Å². The number of allylic oxidation sites excluding steroid dienone is 2. The molecule has 0 spiro atoms. The molecule has 2 fully saturated rings. The number of carbonyl (C=O) groups excluding carboxylic acids is 1. The molecule has 126 valence electrons. The molecule has 1 aliphatic carbocycles. The molecule has 0 unspecified atom stereocenters. The first-order valence-corrected chi connectivity index (χ1v) is 9.54. The molecule has 1 saturated carbocycles. The fourth-order valence-electron chi connectivity index (χ4n) is 3.93. The number of rotatable bonds is 8. The van der Waals surface area contributed by atoms with Crippen LogP contribution in [0.2, 0.25) is 0 Å². The zero-order valence-electron chi connectivity index (χ0n) is 14.2. The number of hydrogen-bond donors (Lipinski definition) is 0. The summed E-state index contributed by atoms with van der Waals surface area (Å²) in [6.07, 6.45) is 3.77. The Kier molecular flexibility index (Phi) is 4.91. The second kappa shape index (κ2) is 6.10. The topological polar surface area (TPSA) is 61.8 Å². The van der Waals surface area contributed by atoms with Crippen molar-refractivity contribution in [2.24, 2.45) is 11.3 Å². The van der Waals surface area contributed by atoms with Crippen LogP contribution in [0, 0.1) is 11.3 Å². The summed E-state index contributed by atoms with van der Waals surface area (Å²) in [7, 11) is -3.54. The van der Waals surface area contributed by atoms with Gasteiger partial charge in [-0.15, -0.1) is 0 Å². The lowest BCUT2D eigenvalue weighted by Crippen LogP contribution is -2.31. The maximum Gasteiger partial charge on any atom is 0.348 e. The van der Waals surface area contributed by atoms with Gasteiger partial charge in [0.15, 0.2) is 5.16 Å². The highest BCUT2D eigenvalue weighted by molar-refractivity contribution is 7.57. The molecule has 0 aromatic carbocycles. The van der Waals surface area contributed by atoms with E-state index in [0.29, 0.717) is 6.61 Å². The minimum Gasteiger partial charge on any atom is -0.464 e. The molecule has 1 aliphatic heterocycles. The lowest BCUT2D eigenvalue weighted by atomic mass is 9.96. The molecule has 6 heteroatoms. The van der Waals surface area contributed by atoms with Crippen molar-refractivity contribution in [1.82, 2.24) is 0 Å². The predicted octanol–water partition coefficient (Wildman–Crippen LogP) is 3.93. The predicted molar refractivity (Wildman–Crippen MR) is 84.8 cm³/mol. The van der Waals surface area contributed by atoms with Gasteiger partial charge in [0, 0.05) is 11.3 Å². The summed E-state index contributed by atoms with van der Waals surface area (Å²) >= 11 is 0. The third kappa shape index (κ3) is 2.29. The maximum atomic E-state index is 13.3. The van der Waals surface area contributed by atoms with E-state index in [-0.39, 0.29) is 24.5 Å². The van der Waals surface area contributed by atoms with Crippen LogP contribution in [-0.4, -0.2) is 30.9 Å². The van der Waals surface area contributed by atoms with E-state index in [2.05, 4.69) is 6.08 Å². The van der Waals surface area contributed by atoms with Crippen LogP contribution >= 0.6 is 7.60 Å². The number of fused-ring (bicyclic) bond motifs is 1. The van der Waals surface area contributed by atoms with Crippen LogP contribution in [0.15, 0.2) is 11.6 Å². The van der Waals surface area contributed by atoms with Crippen molar-refractivity contribution in [2.75, 3.05) is 19.8 Å². The Bertz CT molecular complexity index is 515. The lowest BCUT2D eigenvalue weighted by Gasteiger charge is -2.27. The summed E-state index contributed by atoms with van der Waals surface area (Å²) in [4.78, 5) is 12.5. The Morgan fingerprint density at radius 2 is 1.95 bits per heavy atom. The summed E-state index contributed by atoms with van der Waals surface area (Å²) in [5, 5.41) is -1.11. The Balaban J connectivity index is 2.33. The summed E-state index contributed by atoms with van der Waals surface area (Å²) in [6, 6.07) is 0. The number of carbonyl (C=O) groups is 1. The highest BCUT2D eigenvalue weighted by Gasteiger charge is 2.90. The van der Waals surface area contributed by atoms with Gasteiger partial charge in [0.05, 0.1) is 19.8 Å². The Morgan fingerprint density at radius 1 is 1.36 bits per heavy atom. The van der Waals surface area contributed by atoms with E-state index >= 15 is 0 Å². The summed E-state index contributed by atoms with van der Waals surface area (Å²) in [5.41, 5.74) is 0.859. The molecule has 0 radical (unpaired) electrons. The van der Waals surface area contributed by atoms with Crippen LogP contribution in [-0.2, 0) is 23.1 Å². The van der Waals surface area contributed by atoms with Crippen molar-refractivity contribution >= 4 is 13.6 Å². The molecule has 0 amide bonds. The minimum absolute atomic E-state index is 0.0815. The third-order valence-corrected chi connectivity index (χ3v) is 8.06. The largest absolute Gasteiger partial charge is 0.464 e. The van der Waals surface area contributed by atoms with Gasteiger partial charge in [-0.1, -0.05) is 18.6 Å². The van der Waals surface area contributed by atoms with Crippen LogP contribution in [0.5, 0.6) is 0 Å². The number of esters is 1. The first-order chi connectivity index (χ1) is 10.3. The van der Waals surface area contributed by atoms with Gasteiger partial charge in [-0.25, -0.2) is 0 Å². The molecule has 5 nitrogen and oxygen atoms in total. The summed E-state index contributed by atoms with van der Waals surface area (Å²) < 4.78 is 29.6. The Hall–Kier alpha value is -0.640. The van der Waals surface area contributed by atoms with Crippen LogP contribution in [0.4, 0.5) is 0 Å². The van der Waals surface area contributed by atoms with Crippen molar-refractivity contribution in [3.05, 3.63) is 11.6 Å². The molecular formula is C16H27O5P. The molecule has 0 aromatic heterocycles. The maximum absolute atomic E-state index is 13.3. The van der Waals surface area contributed by atoms with E-state index in [9.17, 15) is 9.36 Å². The van der Waals surface area contributed by atoms with E-state index in [1.54, 1.807) is 13.8 Å². The second-order valence-electron chi connectivity index (χ2n) is 6.49. The van der Waals surface area contributed by atoms with Crippen LogP contribution in [0.3, 0.4) is 0 Å². The smallest absolute Gasteiger partial charge is 0.348 e. The highest BCUT2D eigenvalue weighted by Crippen LogP contribution is 2.85. The lowest BCUT2D eigenvalue weighted by molar-refractivity contribution is -0.142. The highest BCUT2D eigenvalue weighted by atomic mass is 31.2. The normalized spacial score (nSPS) is 33.3. The fourth-order valence-corrected chi connectivity index (χ4v) is 6.95. The molecule has 2 aliphatic rings. The zero-order valence-corrected chi connectivity index (χ0v) is 15.1. The van der Waals surface area contributed by atoms with Gasteiger partial charge in [0.1, 0.15) is 0 Å². The number of hydrogen-bond acceptors (Lipinski definition) is 5. The summed E-state index contributed by atoms with van der Waals surface area (Å²) in [5.74, 6) is -0.496. The molecule has 1 heterocycles. The quantitative estimate of drug-likeness (QED) is 0.383. The summed E-state index contributed by atoms with van der Waals surface area (Å²) in [6.45, 7) is 10.5. The van der Waals surface area contributed by atoms with Gasteiger partial charge in [0.2, 0.25) is 0 Å². The second-order valence-corrected chi connectivity index (χ2v) is 8.70. The average Bonchev–Trinajstić information content (AvgIpc) is 2.75. The molecule has 22 heavy (non-hydrogen) atoms. The molecule has 0 aromatic rings. The van der Waals surface area contributed by atoms with Gasteiger partial charge >= 0.3 is 13.6 Å². The molecule has 0 N–H and O–H groups in total. The van der Waals surface area contributed by atoms with Crippen LogP contribution < -0.4 is 0 Å². The van der Waals surface area contributed by atoms with Crippen LogP contribution in [0.1, 0.15) is 47.5 Å². The van der Waals surface area contributed by atoms with Crippen LogP contribution in [0.25, 0.3) is 0 Å². The number of cyclic esters (lactones) is 1. The van der Waals surface area contributed by atoms with Gasteiger partial charge in [-0.3, -0.25) is 9.36 Å². The average molecular weight is 330 g/mol. The van der Waals surface area contributed by atoms with Gasteiger partial charge in [-0.05, 0) is 40.5 Å². The van der Waals surface area contributed by atoms with Crippen molar-refractivity contribution in [3.8, 4) is 0 Å². The Morgan fingerprint density at radius 3 is 2.45 bits per heavy atom. The number of ether oxygens (including phenoxy) is 1. The fraction of sp³-hybridized carbons (Fsp3) is 0.812. The van der Waals surface area contributed by atoms with E-state index in [0.717, 1.165) is 12.8 Å². The van der Waals surface area contributed by atoms with E-state index in [4.69, 9.17) is 13.8 Å². The minimum atomic E-state index is -3.54. The standard InChI is InChI=1S/C16H27O5P/c1-6-20-22(18,21-7-2)16-13(11-19-14(16)17)15(16,5)10-8-9-12(3)4/h9,13H,6-8,10-11H2,1-5H3/t13-,15-,16-/m1/s1. The van der Waals surface area contributed by atoms with E-state index in [1.165, 1.54) is 5.57 Å². The van der Waals surface area contributed by atoms with Gasteiger partial charge < -0.3 is 13.8 Å². The molecule has 3 atom stereocenters. The SMILES string of the molecule is CCOP(=O)(OCC)[C@@]12C(=O)OC[C@@H]1[C@@]2(C)CCC=C(C)C. The van der Waals surface area contributed by atoms with E-state index in [1.807, 2.05) is 20.8 Å². The van der Waals surface area contributed by atoms with Gasteiger partial charge in [0.25, 0.3) is 0 Å². The first-order valence-electron chi connectivity index (χ1n) is 8.00. The molecule has 1 saturated heterocycles.